The van der Waals surface area contributed by atoms with Gasteiger partial charge in [0, 0.05) is 24.0 Å². The third-order valence-corrected chi connectivity index (χ3v) is 5.16. The molecule has 2 heterocycles. The van der Waals surface area contributed by atoms with Crippen molar-refractivity contribution in [2.24, 2.45) is 0 Å². The lowest BCUT2D eigenvalue weighted by Crippen LogP contribution is -2.39. The van der Waals surface area contributed by atoms with E-state index in [1.54, 1.807) is 17.0 Å². The van der Waals surface area contributed by atoms with E-state index >= 15 is 0 Å². The number of amides is 3. The highest BCUT2D eigenvalue weighted by molar-refractivity contribution is 6.06. The van der Waals surface area contributed by atoms with Crippen LogP contribution in [0.15, 0.2) is 41.0 Å². The lowest BCUT2D eigenvalue weighted by atomic mass is 9.96. The maximum absolute atomic E-state index is 12.6. The first kappa shape index (κ1) is 16.7. The minimum Gasteiger partial charge on any atom is -0.459 e. The highest BCUT2D eigenvalue weighted by Crippen LogP contribution is 2.32. The summed E-state index contributed by atoms with van der Waals surface area (Å²) in [5.74, 6) is 0.170. The molecule has 3 amide bonds. The molecule has 1 aliphatic carbocycles. The molecule has 2 N–H and O–H groups in total. The average molecular weight is 353 g/mol. The van der Waals surface area contributed by atoms with Crippen molar-refractivity contribution in [2.75, 3.05) is 16.8 Å². The van der Waals surface area contributed by atoms with Crippen molar-refractivity contribution >= 4 is 23.3 Å². The molecule has 1 saturated carbocycles. The van der Waals surface area contributed by atoms with Crippen molar-refractivity contribution in [1.82, 2.24) is 5.32 Å². The van der Waals surface area contributed by atoms with Gasteiger partial charge in [0.15, 0.2) is 5.76 Å². The molecule has 136 valence electrons. The third-order valence-electron chi connectivity index (χ3n) is 5.16. The van der Waals surface area contributed by atoms with E-state index in [0.29, 0.717) is 18.0 Å². The monoisotopic (exact) mass is 353 g/mol. The highest BCUT2D eigenvalue weighted by atomic mass is 16.3. The van der Waals surface area contributed by atoms with Crippen molar-refractivity contribution < 1.29 is 14.0 Å². The maximum atomic E-state index is 12.6. The molecule has 4 rings (SSSR count). The standard InChI is InChI=1S/C20H23N3O3/c24-19(18-7-4-12-26-18)23-11-10-14-8-9-16(13-17(14)23)22-20(25)21-15-5-2-1-3-6-15/h4,7-9,12-13,15H,1-3,5-6,10-11H2,(H2,21,22,25). The predicted octanol–water partition coefficient (Wildman–Crippen LogP) is 3.94. The summed E-state index contributed by atoms with van der Waals surface area (Å²) in [6.07, 6.45) is 7.99. The molecule has 6 nitrogen and oxygen atoms in total. The molecule has 26 heavy (non-hydrogen) atoms. The number of anilines is 2. The summed E-state index contributed by atoms with van der Waals surface area (Å²) < 4.78 is 5.23. The second-order valence-corrected chi connectivity index (χ2v) is 6.96. The van der Waals surface area contributed by atoms with Gasteiger partial charge in [-0.2, -0.15) is 0 Å². The van der Waals surface area contributed by atoms with Crippen LogP contribution in [-0.2, 0) is 6.42 Å². The molecule has 1 aromatic heterocycles. The van der Waals surface area contributed by atoms with Crippen LogP contribution < -0.4 is 15.5 Å². The molecule has 6 heteroatoms. The van der Waals surface area contributed by atoms with Crippen LogP contribution in [0.2, 0.25) is 0 Å². The van der Waals surface area contributed by atoms with Crippen molar-refractivity contribution in [3.8, 4) is 0 Å². The lowest BCUT2D eigenvalue weighted by Gasteiger charge is -2.23. The molecular weight excluding hydrogens is 330 g/mol. The van der Waals surface area contributed by atoms with Gasteiger partial charge in [0.1, 0.15) is 0 Å². The molecule has 0 saturated heterocycles. The van der Waals surface area contributed by atoms with E-state index in [-0.39, 0.29) is 18.0 Å². The van der Waals surface area contributed by atoms with Crippen molar-refractivity contribution in [3.05, 3.63) is 47.9 Å². The van der Waals surface area contributed by atoms with Crippen molar-refractivity contribution in [2.45, 2.75) is 44.6 Å². The Morgan fingerprint density at radius 1 is 1.12 bits per heavy atom. The number of nitrogens with one attached hydrogen (secondary N) is 2. The van der Waals surface area contributed by atoms with Crippen LogP contribution in [0.5, 0.6) is 0 Å². The Morgan fingerprint density at radius 2 is 1.96 bits per heavy atom. The maximum Gasteiger partial charge on any atom is 0.319 e. The van der Waals surface area contributed by atoms with Gasteiger partial charge in [0.25, 0.3) is 5.91 Å². The number of carbonyl (C=O) groups is 2. The number of furan rings is 1. The Balaban J connectivity index is 1.45. The highest BCUT2D eigenvalue weighted by Gasteiger charge is 2.27. The first-order valence-electron chi connectivity index (χ1n) is 9.26. The molecule has 1 fully saturated rings. The second-order valence-electron chi connectivity index (χ2n) is 6.96. The quantitative estimate of drug-likeness (QED) is 0.878. The first-order valence-corrected chi connectivity index (χ1v) is 9.26. The van der Waals surface area contributed by atoms with Gasteiger partial charge in [-0.3, -0.25) is 4.79 Å². The summed E-state index contributed by atoms with van der Waals surface area (Å²) in [6.45, 7) is 0.618. The molecule has 0 unspecified atom stereocenters. The van der Waals surface area contributed by atoms with Crippen LogP contribution >= 0.6 is 0 Å². The molecule has 1 aliphatic heterocycles. The molecule has 0 spiro atoms. The molecule has 1 aromatic carbocycles. The molecule has 2 aromatic rings. The summed E-state index contributed by atoms with van der Waals surface area (Å²) in [7, 11) is 0. The zero-order chi connectivity index (χ0) is 17.9. The Bertz CT molecular complexity index is 795. The number of benzene rings is 1. The molecule has 0 atom stereocenters. The lowest BCUT2D eigenvalue weighted by molar-refractivity contribution is 0.0963. The molecule has 0 radical (unpaired) electrons. The summed E-state index contributed by atoms with van der Waals surface area (Å²) >= 11 is 0. The number of urea groups is 1. The van der Waals surface area contributed by atoms with E-state index in [2.05, 4.69) is 10.6 Å². The van der Waals surface area contributed by atoms with Gasteiger partial charge < -0.3 is 20.0 Å². The Hall–Kier alpha value is -2.76. The second kappa shape index (κ2) is 7.23. The third kappa shape index (κ3) is 3.45. The predicted molar refractivity (Wildman–Crippen MR) is 99.6 cm³/mol. The zero-order valence-corrected chi connectivity index (χ0v) is 14.7. The Morgan fingerprint density at radius 3 is 2.73 bits per heavy atom. The fourth-order valence-electron chi connectivity index (χ4n) is 3.80. The van der Waals surface area contributed by atoms with Crippen LogP contribution in [0.1, 0.15) is 48.2 Å². The summed E-state index contributed by atoms with van der Waals surface area (Å²) in [6, 6.07) is 9.18. The van der Waals surface area contributed by atoms with Gasteiger partial charge >= 0.3 is 6.03 Å². The minimum atomic E-state index is -0.182. The van der Waals surface area contributed by atoms with Crippen molar-refractivity contribution in [3.63, 3.8) is 0 Å². The normalized spacial score (nSPS) is 17.0. The number of hydrogen-bond donors (Lipinski definition) is 2. The molecular formula is C20H23N3O3. The largest absolute Gasteiger partial charge is 0.459 e. The SMILES string of the molecule is O=C(Nc1ccc2c(c1)N(C(=O)c1ccco1)CC2)NC1CCCCC1. The Labute approximate surface area is 152 Å². The molecule has 0 bridgehead atoms. The van der Waals surface area contributed by atoms with Gasteiger partial charge in [-0.1, -0.05) is 25.3 Å². The zero-order valence-electron chi connectivity index (χ0n) is 14.7. The van der Waals surface area contributed by atoms with Crippen molar-refractivity contribution in [1.29, 1.82) is 0 Å². The van der Waals surface area contributed by atoms with Crippen LogP contribution in [-0.4, -0.2) is 24.5 Å². The van der Waals surface area contributed by atoms with Crippen LogP contribution in [0.4, 0.5) is 16.2 Å². The van der Waals surface area contributed by atoms with Crippen LogP contribution in [0, 0.1) is 0 Å². The number of carbonyl (C=O) groups excluding carboxylic acids is 2. The first-order chi connectivity index (χ1) is 12.7. The average Bonchev–Trinajstić information content (AvgIpc) is 3.32. The number of rotatable bonds is 3. The van der Waals surface area contributed by atoms with Crippen LogP contribution in [0.25, 0.3) is 0 Å². The Kier molecular flexibility index (Phi) is 4.65. The number of nitrogens with zero attached hydrogens (tertiary/aromatic N) is 1. The van der Waals surface area contributed by atoms with E-state index < -0.39 is 0 Å². The summed E-state index contributed by atoms with van der Waals surface area (Å²) in [4.78, 5) is 26.6. The van der Waals surface area contributed by atoms with E-state index in [4.69, 9.17) is 4.42 Å². The smallest absolute Gasteiger partial charge is 0.319 e. The van der Waals surface area contributed by atoms with Gasteiger partial charge in [-0.05, 0) is 49.1 Å². The fraction of sp³-hybridized carbons (Fsp3) is 0.400. The van der Waals surface area contributed by atoms with E-state index in [1.165, 1.54) is 25.5 Å². The van der Waals surface area contributed by atoms with Gasteiger partial charge in [-0.15, -0.1) is 0 Å². The topological polar surface area (TPSA) is 74.6 Å². The number of hydrogen-bond acceptors (Lipinski definition) is 3. The van der Waals surface area contributed by atoms with E-state index in [9.17, 15) is 9.59 Å². The number of fused-ring (bicyclic) bond motifs is 1. The fourth-order valence-corrected chi connectivity index (χ4v) is 3.80. The van der Waals surface area contributed by atoms with Gasteiger partial charge in [0.2, 0.25) is 0 Å². The van der Waals surface area contributed by atoms with E-state index in [1.807, 2.05) is 18.2 Å². The summed E-state index contributed by atoms with van der Waals surface area (Å²) in [5.41, 5.74) is 2.63. The van der Waals surface area contributed by atoms with Crippen LogP contribution in [0.3, 0.4) is 0 Å². The molecule has 2 aliphatic rings. The van der Waals surface area contributed by atoms with Gasteiger partial charge in [0.05, 0.1) is 6.26 Å². The minimum absolute atomic E-state index is 0.155. The summed E-state index contributed by atoms with van der Waals surface area (Å²) in [5, 5.41) is 5.95. The van der Waals surface area contributed by atoms with E-state index in [0.717, 1.165) is 30.5 Å². The van der Waals surface area contributed by atoms with Gasteiger partial charge in [-0.25, -0.2) is 4.79 Å².